The van der Waals surface area contributed by atoms with Crippen LogP contribution in [0.4, 0.5) is 38.4 Å². The molecule has 0 radical (unpaired) electrons. The summed E-state index contributed by atoms with van der Waals surface area (Å²) in [4.78, 5) is 19.2. The number of halogens is 5. The molecule has 12 heteroatoms. The lowest BCUT2D eigenvalue weighted by Crippen LogP contribution is -2.41. The number of carbonyl (C=O) groups excluding carboxylic acids is 1. The summed E-state index contributed by atoms with van der Waals surface area (Å²) in [6.45, 7) is 0. The number of hydrogen-bond acceptors (Lipinski definition) is 4. The highest BCUT2D eigenvalue weighted by atomic mass is 19.4. The zero-order valence-corrected chi connectivity index (χ0v) is 14.2. The molecule has 148 valence electrons. The van der Waals surface area contributed by atoms with E-state index in [1.807, 2.05) is 0 Å². The van der Waals surface area contributed by atoms with E-state index >= 15 is 0 Å². The van der Waals surface area contributed by atoms with E-state index < -0.39 is 35.6 Å². The number of nitrogens with one attached hydrogen (secondary N) is 2. The maximum atomic E-state index is 13.9. The summed E-state index contributed by atoms with van der Waals surface area (Å²) in [6, 6.07) is -1.30. The molecular formula is C16H13F5N6O. The van der Waals surface area contributed by atoms with Crippen LogP contribution in [0.1, 0.15) is 11.7 Å². The first-order valence-corrected chi connectivity index (χ1v) is 7.72. The molecule has 0 fully saturated rings. The number of anilines is 2. The summed E-state index contributed by atoms with van der Waals surface area (Å²) in [7, 11) is 1.21. The molecule has 0 aliphatic rings. The Morgan fingerprint density at radius 1 is 1.18 bits per heavy atom. The maximum absolute atomic E-state index is 13.9. The summed E-state index contributed by atoms with van der Waals surface area (Å²) >= 11 is 0. The highest BCUT2D eigenvalue weighted by Gasteiger charge is 2.44. The molecule has 0 unspecified atom stereocenters. The van der Waals surface area contributed by atoms with Crippen molar-refractivity contribution < 1.29 is 26.7 Å². The number of fused-ring (bicyclic) bond motifs is 1. The van der Waals surface area contributed by atoms with Crippen molar-refractivity contribution in [2.45, 2.75) is 12.2 Å². The normalized spacial score (nSPS) is 12.8. The molecule has 0 bridgehead atoms. The van der Waals surface area contributed by atoms with E-state index in [2.05, 4.69) is 15.3 Å². The minimum Gasteiger partial charge on any atom is -0.368 e. The van der Waals surface area contributed by atoms with Crippen molar-refractivity contribution in [3.8, 4) is 0 Å². The molecule has 28 heavy (non-hydrogen) atoms. The fourth-order valence-corrected chi connectivity index (χ4v) is 2.68. The number of nitrogen functional groups attached to an aromatic ring is 1. The highest BCUT2D eigenvalue weighted by Crippen LogP contribution is 2.36. The molecule has 2 aromatic heterocycles. The van der Waals surface area contributed by atoms with Crippen LogP contribution in [0.15, 0.2) is 30.6 Å². The standard InChI is InChI=1S/C16H13F5N6O/c1-27-11-3-7(17)2-10(18)9(11)4-12(27)13(16(19,20)21)26-15(28)25-8-5-23-14(22)24-6-8/h2-6,13H,1H3,(H2,22,23,24)(H2,25,26,28)/t13-/m1/s1. The van der Waals surface area contributed by atoms with Gasteiger partial charge in [0, 0.05) is 18.5 Å². The zero-order chi connectivity index (χ0) is 20.6. The summed E-state index contributed by atoms with van der Waals surface area (Å²) in [5.41, 5.74) is 4.74. The van der Waals surface area contributed by atoms with E-state index in [1.54, 1.807) is 5.32 Å². The van der Waals surface area contributed by atoms with Crippen molar-refractivity contribution in [2.24, 2.45) is 7.05 Å². The summed E-state index contributed by atoms with van der Waals surface area (Å²) in [5.74, 6) is -2.03. The molecule has 7 nitrogen and oxygen atoms in total. The SMILES string of the molecule is Cn1c([C@@H](NC(=O)Nc2cnc(N)nc2)C(F)(F)F)cc2c(F)cc(F)cc21. The average Bonchev–Trinajstić information content (AvgIpc) is 2.91. The molecule has 3 rings (SSSR count). The van der Waals surface area contributed by atoms with Crippen molar-refractivity contribution in [3.05, 3.63) is 47.9 Å². The highest BCUT2D eigenvalue weighted by molar-refractivity contribution is 5.89. The number of rotatable bonds is 3. The lowest BCUT2D eigenvalue weighted by Gasteiger charge is -2.22. The van der Waals surface area contributed by atoms with Crippen molar-refractivity contribution in [2.75, 3.05) is 11.1 Å². The van der Waals surface area contributed by atoms with E-state index in [0.717, 1.165) is 29.1 Å². The van der Waals surface area contributed by atoms with Crippen LogP contribution >= 0.6 is 0 Å². The molecule has 1 atom stereocenters. The van der Waals surface area contributed by atoms with Gasteiger partial charge >= 0.3 is 12.2 Å². The fraction of sp³-hybridized carbons (Fsp3) is 0.188. The molecule has 0 saturated carbocycles. The van der Waals surface area contributed by atoms with Crippen LogP contribution in [-0.2, 0) is 7.05 Å². The summed E-state index contributed by atoms with van der Waals surface area (Å²) < 4.78 is 69.1. The van der Waals surface area contributed by atoms with Gasteiger partial charge in [0.2, 0.25) is 5.95 Å². The third-order valence-corrected chi connectivity index (χ3v) is 3.94. The van der Waals surface area contributed by atoms with Crippen LogP contribution < -0.4 is 16.4 Å². The second-order valence-corrected chi connectivity index (χ2v) is 5.85. The minimum atomic E-state index is -4.91. The lowest BCUT2D eigenvalue weighted by molar-refractivity contribution is -0.155. The van der Waals surface area contributed by atoms with Gasteiger partial charge in [-0.1, -0.05) is 0 Å². The minimum absolute atomic E-state index is 0.0118. The van der Waals surface area contributed by atoms with Crippen LogP contribution in [0.5, 0.6) is 0 Å². The summed E-state index contributed by atoms with van der Waals surface area (Å²) in [5, 5.41) is 3.71. The largest absolute Gasteiger partial charge is 0.414 e. The number of benzene rings is 1. The molecule has 3 aromatic rings. The smallest absolute Gasteiger partial charge is 0.368 e. The van der Waals surface area contributed by atoms with Crippen LogP contribution in [-0.4, -0.2) is 26.7 Å². The molecule has 0 spiro atoms. The lowest BCUT2D eigenvalue weighted by atomic mass is 10.2. The maximum Gasteiger partial charge on any atom is 0.414 e. The van der Waals surface area contributed by atoms with E-state index in [-0.39, 0.29) is 22.5 Å². The van der Waals surface area contributed by atoms with Gasteiger partial charge < -0.3 is 20.9 Å². The number of amides is 2. The Balaban J connectivity index is 1.94. The zero-order valence-electron chi connectivity index (χ0n) is 14.2. The first-order chi connectivity index (χ1) is 13.1. The molecule has 0 aliphatic carbocycles. The number of aryl methyl sites for hydroxylation is 1. The van der Waals surface area contributed by atoms with Gasteiger partial charge in [0.25, 0.3) is 0 Å². The van der Waals surface area contributed by atoms with Crippen LogP contribution in [0.3, 0.4) is 0 Å². The predicted molar refractivity (Wildman–Crippen MR) is 90.2 cm³/mol. The van der Waals surface area contributed by atoms with Crippen molar-refractivity contribution >= 4 is 28.6 Å². The van der Waals surface area contributed by atoms with Gasteiger partial charge in [-0.15, -0.1) is 0 Å². The molecule has 0 aliphatic heterocycles. The number of urea groups is 1. The monoisotopic (exact) mass is 400 g/mol. The number of alkyl halides is 3. The second-order valence-electron chi connectivity index (χ2n) is 5.85. The Labute approximate surface area is 154 Å². The molecule has 1 aromatic carbocycles. The molecule has 2 amide bonds. The van der Waals surface area contributed by atoms with Gasteiger partial charge in [-0.05, 0) is 12.1 Å². The average molecular weight is 400 g/mol. The Morgan fingerprint density at radius 2 is 1.82 bits per heavy atom. The van der Waals surface area contributed by atoms with Gasteiger partial charge in [-0.25, -0.2) is 23.5 Å². The van der Waals surface area contributed by atoms with Crippen LogP contribution in [0, 0.1) is 11.6 Å². The third-order valence-electron chi connectivity index (χ3n) is 3.94. The number of nitrogens with two attached hydrogens (primary N) is 1. The van der Waals surface area contributed by atoms with Crippen molar-refractivity contribution in [1.29, 1.82) is 0 Å². The Bertz CT molecular complexity index is 1030. The van der Waals surface area contributed by atoms with E-state index in [9.17, 15) is 26.7 Å². The number of hydrogen-bond donors (Lipinski definition) is 3. The molecular weight excluding hydrogens is 387 g/mol. The van der Waals surface area contributed by atoms with Gasteiger partial charge in [-0.2, -0.15) is 13.2 Å². The van der Waals surface area contributed by atoms with E-state index in [0.29, 0.717) is 6.07 Å². The molecule has 2 heterocycles. The molecule has 4 N–H and O–H groups in total. The van der Waals surface area contributed by atoms with E-state index in [4.69, 9.17) is 5.73 Å². The van der Waals surface area contributed by atoms with Gasteiger partial charge in [0.05, 0.1) is 29.3 Å². The Morgan fingerprint density at radius 3 is 2.43 bits per heavy atom. The first-order valence-electron chi connectivity index (χ1n) is 7.72. The van der Waals surface area contributed by atoms with Gasteiger partial charge in [0.15, 0.2) is 6.04 Å². The second kappa shape index (κ2) is 6.94. The fourth-order valence-electron chi connectivity index (χ4n) is 2.68. The third kappa shape index (κ3) is 3.80. The topological polar surface area (TPSA) is 97.9 Å². The first kappa shape index (κ1) is 19.3. The van der Waals surface area contributed by atoms with Crippen molar-refractivity contribution in [1.82, 2.24) is 19.9 Å². The van der Waals surface area contributed by atoms with Gasteiger partial charge in [0.1, 0.15) is 11.6 Å². The Kier molecular flexibility index (Phi) is 4.79. The molecule has 0 saturated heterocycles. The number of nitrogens with zero attached hydrogens (tertiary/aromatic N) is 3. The quantitative estimate of drug-likeness (QED) is 0.588. The van der Waals surface area contributed by atoms with Crippen LogP contribution in [0.25, 0.3) is 10.9 Å². The van der Waals surface area contributed by atoms with E-state index in [1.165, 1.54) is 7.05 Å². The Hall–Kier alpha value is -3.44. The van der Waals surface area contributed by atoms with Crippen molar-refractivity contribution in [3.63, 3.8) is 0 Å². The number of aromatic nitrogens is 3. The number of carbonyl (C=O) groups is 1. The predicted octanol–water partition coefficient (Wildman–Crippen LogP) is 3.25. The van der Waals surface area contributed by atoms with Gasteiger partial charge in [-0.3, -0.25) is 0 Å². The van der Waals surface area contributed by atoms with Crippen LogP contribution in [0.2, 0.25) is 0 Å². The summed E-state index contributed by atoms with van der Waals surface area (Å²) in [6.07, 6.45) is -2.69.